The molecule has 1 rings (SSSR count). The summed E-state index contributed by atoms with van der Waals surface area (Å²) >= 11 is 0. The number of halogens is 1. The number of aryl methyl sites for hydroxylation is 1. The van der Waals surface area contributed by atoms with Gasteiger partial charge in [-0.05, 0) is 38.0 Å². The van der Waals surface area contributed by atoms with Crippen molar-refractivity contribution in [2.45, 2.75) is 52.1 Å². The summed E-state index contributed by atoms with van der Waals surface area (Å²) in [4.78, 5) is 12.0. The van der Waals surface area contributed by atoms with Crippen molar-refractivity contribution >= 4 is 18.3 Å². The van der Waals surface area contributed by atoms with Gasteiger partial charge >= 0.3 is 0 Å². The average molecular weight is 345 g/mol. The van der Waals surface area contributed by atoms with Crippen LogP contribution in [0.3, 0.4) is 0 Å². The highest BCUT2D eigenvalue weighted by atomic mass is 35.5. The number of carbonyl (C=O) groups is 1. The van der Waals surface area contributed by atoms with Gasteiger partial charge in [-0.1, -0.05) is 19.8 Å². The van der Waals surface area contributed by atoms with Gasteiger partial charge in [0.25, 0.3) is 0 Å². The van der Waals surface area contributed by atoms with Gasteiger partial charge < -0.3 is 20.5 Å². The third-order valence-electron chi connectivity index (χ3n) is 3.61. The van der Waals surface area contributed by atoms with Crippen molar-refractivity contribution in [1.29, 1.82) is 0 Å². The highest BCUT2D eigenvalue weighted by molar-refractivity contribution is 5.85. The first-order valence-electron chi connectivity index (χ1n) is 7.73. The third kappa shape index (κ3) is 5.92. The number of hydrogen-bond acceptors (Lipinski definition) is 4. The fourth-order valence-corrected chi connectivity index (χ4v) is 2.41. The number of carbonyl (C=O) groups excluding carboxylic acids is 1. The molecule has 0 radical (unpaired) electrons. The Morgan fingerprint density at radius 1 is 1.26 bits per heavy atom. The Bertz CT molecular complexity index is 482. The third-order valence-corrected chi connectivity index (χ3v) is 3.61. The summed E-state index contributed by atoms with van der Waals surface area (Å²) in [6, 6.07) is 3.18. The molecule has 0 bridgehead atoms. The summed E-state index contributed by atoms with van der Waals surface area (Å²) < 4.78 is 11.0. The fourth-order valence-electron chi connectivity index (χ4n) is 2.41. The maximum Gasteiger partial charge on any atom is 0.237 e. The molecule has 0 saturated carbocycles. The zero-order chi connectivity index (χ0) is 16.7. The molecule has 1 amide bonds. The topological polar surface area (TPSA) is 73.6 Å². The molecule has 6 heteroatoms. The van der Waals surface area contributed by atoms with Crippen LogP contribution < -0.4 is 20.5 Å². The van der Waals surface area contributed by atoms with Gasteiger partial charge in [0, 0.05) is 0 Å². The maximum absolute atomic E-state index is 12.0. The molecule has 3 N–H and O–H groups in total. The quantitative estimate of drug-likeness (QED) is 0.759. The van der Waals surface area contributed by atoms with E-state index in [4.69, 9.17) is 15.2 Å². The van der Waals surface area contributed by atoms with Crippen LogP contribution in [-0.4, -0.2) is 26.2 Å². The number of hydrogen-bond donors (Lipinski definition) is 2. The van der Waals surface area contributed by atoms with Crippen LogP contribution in [0.5, 0.6) is 11.5 Å². The molecule has 0 aliphatic rings. The lowest BCUT2D eigenvalue weighted by atomic mass is 9.97. The van der Waals surface area contributed by atoms with Gasteiger partial charge in [-0.25, -0.2) is 0 Å². The first kappa shape index (κ1) is 21.5. The molecular weight excluding hydrogens is 316 g/mol. The molecule has 0 spiro atoms. The molecular formula is C17H29ClN2O3. The smallest absolute Gasteiger partial charge is 0.237 e. The molecule has 132 valence electrons. The van der Waals surface area contributed by atoms with Crippen molar-refractivity contribution < 1.29 is 14.3 Å². The number of nitrogens with two attached hydrogens (primary N) is 1. The van der Waals surface area contributed by atoms with Crippen LogP contribution in [0.2, 0.25) is 0 Å². The van der Waals surface area contributed by atoms with E-state index in [2.05, 4.69) is 12.2 Å². The lowest BCUT2D eigenvalue weighted by Gasteiger charge is -2.24. The largest absolute Gasteiger partial charge is 0.496 e. The van der Waals surface area contributed by atoms with Crippen molar-refractivity contribution in [2.75, 3.05) is 14.2 Å². The van der Waals surface area contributed by atoms with Crippen LogP contribution >= 0.6 is 12.4 Å². The second-order valence-corrected chi connectivity index (χ2v) is 5.58. The Hall–Kier alpha value is -1.46. The summed E-state index contributed by atoms with van der Waals surface area (Å²) in [5.41, 5.74) is 7.60. The normalized spacial score (nSPS) is 12.8. The summed E-state index contributed by atoms with van der Waals surface area (Å²) in [5, 5.41) is 3.01. The van der Waals surface area contributed by atoms with E-state index in [0.717, 1.165) is 41.9 Å². The second-order valence-electron chi connectivity index (χ2n) is 5.58. The number of nitrogens with one attached hydrogen (secondary N) is 1. The molecule has 0 saturated heterocycles. The van der Waals surface area contributed by atoms with Crippen LogP contribution in [0, 0.1) is 6.92 Å². The van der Waals surface area contributed by atoms with Crippen LogP contribution in [0.1, 0.15) is 50.3 Å². The van der Waals surface area contributed by atoms with Crippen molar-refractivity contribution in [3.8, 4) is 11.5 Å². The van der Waals surface area contributed by atoms with E-state index in [0.29, 0.717) is 0 Å². The Morgan fingerprint density at radius 3 is 2.17 bits per heavy atom. The van der Waals surface area contributed by atoms with Gasteiger partial charge in [-0.2, -0.15) is 0 Å². The number of benzene rings is 1. The second kappa shape index (κ2) is 10.3. The summed E-state index contributed by atoms with van der Waals surface area (Å²) in [5.74, 6) is 1.27. The van der Waals surface area contributed by atoms with Crippen molar-refractivity contribution in [3.05, 3.63) is 23.3 Å². The van der Waals surface area contributed by atoms with Crippen LogP contribution in [0.4, 0.5) is 0 Å². The van der Waals surface area contributed by atoms with Crippen LogP contribution in [-0.2, 0) is 4.79 Å². The highest BCUT2D eigenvalue weighted by Crippen LogP contribution is 2.37. The van der Waals surface area contributed by atoms with Crippen molar-refractivity contribution in [1.82, 2.24) is 5.32 Å². The lowest BCUT2D eigenvalue weighted by Crippen LogP contribution is -2.40. The average Bonchev–Trinajstić information content (AvgIpc) is 2.50. The molecule has 1 aromatic rings. The van der Waals surface area contributed by atoms with Gasteiger partial charge in [-0.15, -0.1) is 12.4 Å². The molecule has 0 heterocycles. The molecule has 5 nitrogen and oxygen atoms in total. The fraction of sp³-hybridized carbons (Fsp3) is 0.588. The molecule has 0 unspecified atom stereocenters. The predicted octanol–water partition coefficient (Wildman–Crippen LogP) is 3.13. The van der Waals surface area contributed by atoms with Gasteiger partial charge in [0.2, 0.25) is 5.91 Å². The summed E-state index contributed by atoms with van der Waals surface area (Å²) in [7, 11) is 3.25. The van der Waals surface area contributed by atoms with E-state index >= 15 is 0 Å². The molecule has 1 aromatic carbocycles. The Kier molecular flexibility index (Phi) is 9.68. The van der Waals surface area contributed by atoms with Crippen LogP contribution in [0.15, 0.2) is 12.1 Å². The molecule has 0 aliphatic heterocycles. The highest BCUT2D eigenvalue weighted by Gasteiger charge is 2.24. The monoisotopic (exact) mass is 344 g/mol. The maximum atomic E-state index is 12.0. The zero-order valence-electron chi connectivity index (χ0n) is 14.6. The van der Waals surface area contributed by atoms with E-state index in [1.54, 1.807) is 21.1 Å². The minimum Gasteiger partial charge on any atom is -0.496 e. The lowest BCUT2D eigenvalue weighted by molar-refractivity contribution is -0.122. The van der Waals surface area contributed by atoms with E-state index < -0.39 is 6.04 Å². The van der Waals surface area contributed by atoms with Crippen molar-refractivity contribution in [3.63, 3.8) is 0 Å². The van der Waals surface area contributed by atoms with Gasteiger partial charge in [-0.3, -0.25) is 4.79 Å². The Labute approximate surface area is 145 Å². The summed E-state index contributed by atoms with van der Waals surface area (Å²) in [6.07, 6.45) is 2.84. The van der Waals surface area contributed by atoms with Gasteiger partial charge in [0.15, 0.2) is 0 Å². The molecule has 0 aliphatic carbocycles. The minimum atomic E-state index is -0.549. The number of methoxy groups -OCH3 is 2. The molecule has 2 atom stereocenters. The van der Waals surface area contributed by atoms with Gasteiger partial charge in [0.1, 0.15) is 11.5 Å². The number of amides is 1. The predicted molar refractivity (Wildman–Crippen MR) is 95.6 cm³/mol. The zero-order valence-corrected chi connectivity index (χ0v) is 15.5. The molecule has 0 aromatic heterocycles. The number of rotatable bonds is 8. The van der Waals surface area contributed by atoms with E-state index in [9.17, 15) is 4.79 Å². The summed E-state index contributed by atoms with van der Waals surface area (Å²) in [6.45, 7) is 5.78. The van der Waals surface area contributed by atoms with E-state index in [1.165, 1.54) is 0 Å². The first-order valence-corrected chi connectivity index (χ1v) is 7.73. The first-order chi connectivity index (χ1) is 10.4. The standard InChI is InChI=1S/C17H28N2O3.ClH/c1-6-7-8-13(19-17(20)12(3)18)16-14(21-4)9-11(2)10-15(16)22-5;/h9-10,12-13H,6-8,18H2,1-5H3,(H,19,20);1H/t12-,13-;/m1./s1. The Morgan fingerprint density at radius 2 is 1.78 bits per heavy atom. The number of ether oxygens (including phenoxy) is 2. The minimum absolute atomic E-state index is 0. The molecule has 0 fully saturated rings. The van der Waals surface area contributed by atoms with E-state index in [-0.39, 0.29) is 24.4 Å². The van der Waals surface area contributed by atoms with Crippen LogP contribution in [0.25, 0.3) is 0 Å². The Balaban J connectivity index is 0.00000484. The molecule has 23 heavy (non-hydrogen) atoms. The van der Waals surface area contributed by atoms with Crippen molar-refractivity contribution in [2.24, 2.45) is 5.73 Å². The number of unbranched alkanes of at least 4 members (excludes halogenated alkanes) is 1. The SMILES string of the molecule is CCCC[C@@H](NC(=O)[C@@H](C)N)c1c(OC)cc(C)cc1OC.Cl. The van der Waals surface area contributed by atoms with Gasteiger partial charge in [0.05, 0.1) is 31.9 Å². The van der Waals surface area contributed by atoms with E-state index in [1.807, 2.05) is 19.1 Å².